The van der Waals surface area contributed by atoms with Gasteiger partial charge in [0.05, 0.1) is 0 Å². The van der Waals surface area contributed by atoms with Crippen molar-refractivity contribution in [2.24, 2.45) is 0 Å². The Hall–Kier alpha value is -2.70. The molecular weight excluding hydrogens is 270 g/mol. The number of rotatable bonds is 4. The van der Waals surface area contributed by atoms with Gasteiger partial charge in [-0.2, -0.15) is 10.1 Å². The molecule has 0 unspecified atom stereocenters. The number of carbonyl (C=O) groups is 2. The number of para-hydroxylation sites is 1. The molecule has 0 radical (unpaired) electrons. The number of hydrogen-bond acceptors (Lipinski definition) is 4. The van der Waals surface area contributed by atoms with Crippen molar-refractivity contribution in [1.82, 2.24) is 15.2 Å². The molecule has 0 saturated heterocycles. The molecule has 0 fully saturated rings. The number of anilines is 2. The lowest BCUT2D eigenvalue weighted by Crippen LogP contribution is -2.30. The summed E-state index contributed by atoms with van der Waals surface area (Å²) in [5.74, 6) is -1.39. The summed E-state index contributed by atoms with van der Waals surface area (Å²) < 4.78 is 0. The summed E-state index contributed by atoms with van der Waals surface area (Å²) in [6.07, 6.45) is 2.79. The first-order valence-electron chi connectivity index (χ1n) is 6.74. The molecular formula is C14H17N5O2. The van der Waals surface area contributed by atoms with Crippen LogP contribution in [0.1, 0.15) is 25.0 Å². The molecule has 110 valence electrons. The van der Waals surface area contributed by atoms with Crippen molar-refractivity contribution in [1.29, 1.82) is 0 Å². The molecule has 2 amide bonds. The van der Waals surface area contributed by atoms with Crippen LogP contribution in [-0.2, 0) is 22.4 Å². The zero-order valence-electron chi connectivity index (χ0n) is 11.9. The fraction of sp³-hybridized carbons (Fsp3) is 0.286. The minimum atomic E-state index is -0.792. The van der Waals surface area contributed by atoms with Gasteiger partial charge in [0.2, 0.25) is 5.95 Å². The summed E-state index contributed by atoms with van der Waals surface area (Å²) in [5.41, 5.74) is 2.70. The number of benzene rings is 1. The van der Waals surface area contributed by atoms with Gasteiger partial charge in [-0.25, -0.2) is 5.10 Å². The van der Waals surface area contributed by atoms with E-state index >= 15 is 0 Å². The predicted octanol–water partition coefficient (Wildman–Crippen LogP) is 1.51. The van der Waals surface area contributed by atoms with Crippen molar-refractivity contribution in [3.8, 4) is 0 Å². The van der Waals surface area contributed by atoms with Gasteiger partial charge < -0.3 is 5.32 Å². The Morgan fingerprint density at radius 2 is 1.71 bits per heavy atom. The van der Waals surface area contributed by atoms with Gasteiger partial charge in [-0.1, -0.05) is 32.0 Å². The number of nitrogens with zero attached hydrogens (tertiary/aromatic N) is 2. The second-order valence-corrected chi connectivity index (χ2v) is 4.40. The quantitative estimate of drug-likeness (QED) is 0.742. The second kappa shape index (κ2) is 6.65. The van der Waals surface area contributed by atoms with E-state index in [0.717, 1.165) is 24.0 Å². The largest absolute Gasteiger partial charge is 0.317 e. The minimum absolute atomic E-state index is 0.134. The minimum Gasteiger partial charge on any atom is -0.317 e. The highest BCUT2D eigenvalue weighted by Crippen LogP contribution is 2.22. The third kappa shape index (κ3) is 3.44. The van der Waals surface area contributed by atoms with Crippen molar-refractivity contribution in [2.75, 3.05) is 10.6 Å². The van der Waals surface area contributed by atoms with Crippen LogP contribution >= 0.6 is 0 Å². The normalized spacial score (nSPS) is 10.2. The molecule has 3 N–H and O–H groups in total. The number of aromatic amines is 1. The fourth-order valence-electron chi connectivity index (χ4n) is 2.00. The first-order chi connectivity index (χ1) is 10.2. The van der Waals surface area contributed by atoms with Gasteiger partial charge in [0.1, 0.15) is 6.33 Å². The third-order valence-corrected chi connectivity index (χ3v) is 3.09. The van der Waals surface area contributed by atoms with Gasteiger partial charge >= 0.3 is 11.8 Å². The van der Waals surface area contributed by atoms with Gasteiger partial charge in [-0.15, -0.1) is 0 Å². The summed E-state index contributed by atoms with van der Waals surface area (Å²) in [6.45, 7) is 4.00. The summed E-state index contributed by atoms with van der Waals surface area (Å²) in [5, 5.41) is 11.1. The lowest BCUT2D eigenvalue weighted by molar-refractivity contribution is -0.133. The summed E-state index contributed by atoms with van der Waals surface area (Å²) in [4.78, 5) is 27.5. The van der Waals surface area contributed by atoms with E-state index < -0.39 is 11.8 Å². The maximum Gasteiger partial charge on any atom is 0.316 e. The zero-order valence-corrected chi connectivity index (χ0v) is 11.9. The van der Waals surface area contributed by atoms with E-state index in [4.69, 9.17) is 0 Å². The van der Waals surface area contributed by atoms with Crippen molar-refractivity contribution in [2.45, 2.75) is 26.7 Å². The number of aryl methyl sites for hydroxylation is 2. The average Bonchev–Trinajstić information content (AvgIpc) is 3.00. The molecule has 0 bridgehead atoms. The Balaban J connectivity index is 2.13. The molecule has 0 aliphatic rings. The SMILES string of the molecule is CCc1cccc(CC)c1NC(=O)C(=O)Nc1ncn[nH]1. The van der Waals surface area contributed by atoms with Crippen LogP contribution in [0.4, 0.5) is 11.6 Å². The Labute approximate surface area is 122 Å². The molecule has 21 heavy (non-hydrogen) atoms. The van der Waals surface area contributed by atoms with Crippen molar-refractivity contribution >= 4 is 23.5 Å². The number of H-pyrrole nitrogens is 1. The van der Waals surface area contributed by atoms with E-state index in [1.165, 1.54) is 6.33 Å². The summed E-state index contributed by atoms with van der Waals surface area (Å²) in [7, 11) is 0. The van der Waals surface area contributed by atoms with E-state index in [-0.39, 0.29) is 5.95 Å². The van der Waals surface area contributed by atoms with Crippen LogP contribution in [0.3, 0.4) is 0 Å². The smallest absolute Gasteiger partial charge is 0.316 e. The lowest BCUT2D eigenvalue weighted by Gasteiger charge is -2.13. The number of aromatic nitrogens is 3. The maximum atomic E-state index is 12.0. The van der Waals surface area contributed by atoms with Gasteiger partial charge in [0.15, 0.2) is 0 Å². The van der Waals surface area contributed by atoms with Crippen LogP contribution in [0.5, 0.6) is 0 Å². The molecule has 1 aromatic heterocycles. The highest BCUT2D eigenvalue weighted by molar-refractivity contribution is 6.43. The standard InChI is InChI=1S/C14H17N5O2/c1-3-9-6-5-7-10(4-2)11(9)17-12(20)13(21)18-14-15-8-16-19-14/h5-8H,3-4H2,1-2H3,(H,17,20)(H2,15,16,18,19,21). The van der Waals surface area contributed by atoms with Crippen LogP contribution in [0.2, 0.25) is 0 Å². The number of carbonyl (C=O) groups excluding carboxylic acids is 2. The Morgan fingerprint density at radius 1 is 1.10 bits per heavy atom. The topological polar surface area (TPSA) is 99.8 Å². The molecule has 1 heterocycles. The molecule has 0 atom stereocenters. The highest BCUT2D eigenvalue weighted by Gasteiger charge is 2.17. The van der Waals surface area contributed by atoms with Crippen LogP contribution in [0.15, 0.2) is 24.5 Å². The van der Waals surface area contributed by atoms with Crippen LogP contribution < -0.4 is 10.6 Å². The van der Waals surface area contributed by atoms with E-state index in [0.29, 0.717) is 5.69 Å². The number of hydrogen-bond donors (Lipinski definition) is 3. The monoisotopic (exact) mass is 287 g/mol. The average molecular weight is 287 g/mol. The van der Waals surface area contributed by atoms with Crippen molar-refractivity contribution in [3.63, 3.8) is 0 Å². The van der Waals surface area contributed by atoms with Crippen LogP contribution in [0, 0.1) is 0 Å². The number of amides is 2. The van der Waals surface area contributed by atoms with E-state index in [1.807, 2.05) is 32.0 Å². The van der Waals surface area contributed by atoms with Crippen molar-refractivity contribution in [3.05, 3.63) is 35.7 Å². The molecule has 2 rings (SSSR count). The first-order valence-corrected chi connectivity index (χ1v) is 6.74. The predicted molar refractivity (Wildman–Crippen MR) is 78.8 cm³/mol. The van der Waals surface area contributed by atoms with Gasteiger partial charge in [-0.3, -0.25) is 14.9 Å². The lowest BCUT2D eigenvalue weighted by atomic mass is 10.0. The van der Waals surface area contributed by atoms with Gasteiger partial charge in [-0.05, 0) is 24.0 Å². The molecule has 1 aromatic carbocycles. The molecule has 0 aliphatic heterocycles. The summed E-state index contributed by atoms with van der Waals surface area (Å²) >= 11 is 0. The molecule has 7 nitrogen and oxygen atoms in total. The Bertz CT molecular complexity index is 615. The summed E-state index contributed by atoms with van der Waals surface area (Å²) in [6, 6.07) is 5.81. The molecule has 0 saturated carbocycles. The van der Waals surface area contributed by atoms with E-state index in [9.17, 15) is 9.59 Å². The Morgan fingerprint density at radius 3 is 2.24 bits per heavy atom. The molecule has 2 aromatic rings. The van der Waals surface area contributed by atoms with E-state index in [2.05, 4.69) is 25.8 Å². The number of nitrogens with one attached hydrogen (secondary N) is 3. The molecule has 7 heteroatoms. The zero-order chi connectivity index (χ0) is 15.2. The fourth-order valence-corrected chi connectivity index (χ4v) is 2.00. The second-order valence-electron chi connectivity index (χ2n) is 4.40. The van der Waals surface area contributed by atoms with Gasteiger partial charge in [0.25, 0.3) is 0 Å². The Kier molecular flexibility index (Phi) is 4.65. The van der Waals surface area contributed by atoms with Gasteiger partial charge in [0, 0.05) is 5.69 Å². The van der Waals surface area contributed by atoms with Crippen LogP contribution in [-0.4, -0.2) is 27.0 Å². The highest BCUT2D eigenvalue weighted by atomic mass is 16.2. The third-order valence-electron chi connectivity index (χ3n) is 3.09. The van der Waals surface area contributed by atoms with E-state index in [1.54, 1.807) is 0 Å². The van der Waals surface area contributed by atoms with Crippen molar-refractivity contribution < 1.29 is 9.59 Å². The molecule has 0 spiro atoms. The maximum absolute atomic E-state index is 12.0. The molecule has 0 aliphatic carbocycles. The first kappa shape index (κ1) is 14.7. The van der Waals surface area contributed by atoms with Crippen LogP contribution in [0.25, 0.3) is 0 Å².